The first kappa shape index (κ1) is 18.3. The summed E-state index contributed by atoms with van der Waals surface area (Å²) in [5.74, 6) is 1.59. The molecule has 0 bridgehead atoms. The largest absolute Gasteiger partial charge is 0.462 e. The molecule has 0 saturated carbocycles. The van der Waals surface area contributed by atoms with E-state index in [1.165, 1.54) is 0 Å². The van der Waals surface area contributed by atoms with Gasteiger partial charge in [0, 0.05) is 39.6 Å². The second-order valence-corrected chi connectivity index (χ2v) is 7.44. The molecule has 1 unspecified atom stereocenters. The molecule has 134 valence electrons. The van der Waals surface area contributed by atoms with E-state index in [0.717, 1.165) is 32.9 Å². The van der Waals surface area contributed by atoms with Gasteiger partial charge in [-0.25, -0.2) is 4.79 Å². The van der Waals surface area contributed by atoms with Gasteiger partial charge in [0.15, 0.2) is 0 Å². The molecule has 0 fully saturated rings. The van der Waals surface area contributed by atoms with Gasteiger partial charge in [0.25, 0.3) is 0 Å². The van der Waals surface area contributed by atoms with E-state index in [1.54, 1.807) is 31.1 Å². The Morgan fingerprint density at radius 2 is 2.19 bits per heavy atom. The summed E-state index contributed by atoms with van der Waals surface area (Å²) in [6, 6.07) is 12.1. The van der Waals surface area contributed by atoms with Gasteiger partial charge < -0.3 is 9.15 Å². The second kappa shape index (κ2) is 8.23. The van der Waals surface area contributed by atoms with Crippen LogP contribution in [0.4, 0.5) is 0 Å². The fourth-order valence-corrected chi connectivity index (χ4v) is 3.31. The Kier molecular flexibility index (Phi) is 5.78. The molecule has 1 aromatic carbocycles. The lowest BCUT2D eigenvalue weighted by atomic mass is 10.2. The Bertz CT molecular complexity index is 917. The van der Waals surface area contributed by atoms with Crippen LogP contribution in [0.25, 0.3) is 22.3 Å². The molecule has 5 heteroatoms. The number of furan rings is 1. The second-order valence-electron chi connectivity index (χ2n) is 6.35. The van der Waals surface area contributed by atoms with Crippen molar-refractivity contribution >= 4 is 28.7 Å². The molecule has 3 rings (SSSR count). The van der Waals surface area contributed by atoms with Crippen LogP contribution in [0.3, 0.4) is 0 Å². The minimum absolute atomic E-state index is 0.251. The molecular formula is C21H21NO3S. The molecule has 0 spiro atoms. The number of hydrogen-bond donors (Lipinski definition) is 0. The molecule has 0 amide bonds. The summed E-state index contributed by atoms with van der Waals surface area (Å²) in [6.07, 6.45) is 3.54. The molecule has 0 N–H and O–H groups in total. The van der Waals surface area contributed by atoms with Crippen molar-refractivity contribution in [1.29, 1.82) is 0 Å². The highest BCUT2D eigenvalue weighted by Gasteiger charge is 2.10. The van der Waals surface area contributed by atoms with Crippen LogP contribution in [0.5, 0.6) is 0 Å². The van der Waals surface area contributed by atoms with E-state index < -0.39 is 0 Å². The Morgan fingerprint density at radius 1 is 1.35 bits per heavy atom. The zero-order valence-electron chi connectivity index (χ0n) is 14.9. The van der Waals surface area contributed by atoms with Crippen LogP contribution in [0.1, 0.15) is 13.8 Å². The van der Waals surface area contributed by atoms with Crippen molar-refractivity contribution in [2.75, 3.05) is 12.4 Å². The SMILES string of the molecule is C=C(C)C(=O)OCC(C)CSc1ccc2cc(-c3cccnc3)oc2c1. The number of ether oxygens (including phenoxy) is 1. The summed E-state index contributed by atoms with van der Waals surface area (Å²) in [5, 5.41) is 1.07. The average molecular weight is 367 g/mol. The Labute approximate surface area is 157 Å². The van der Waals surface area contributed by atoms with Crippen LogP contribution in [0.2, 0.25) is 0 Å². The summed E-state index contributed by atoms with van der Waals surface area (Å²) in [5.41, 5.74) is 2.25. The molecule has 0 aliphatic carbocycles. The van der Waals surface area contributed by atoms with Gasteiger partial charge in [0.1, 0.15) is 11.3 Å². The van der Waals surface area contributed by atoms with Gasteiger partial charge in [-0.05, 0) is 49.2 Å². The van der Waals surface area contributed by atoms with Crippen molar-refractivity contribution in [1.82, 2.24) is 4.98 Å². The number of benzene rings is 1. The number of pyridine rings is 1. The van der Waals surface area contributed by atoms with Crippen LogP contribution in [-0.4, -0.2) is 23.3 Å². The zero-order valence-corrected chi connectivity index (χ0v) is 15.7. The molecule has 2 aromatic heterocycles. The highest BCUT2D eigenvalue weighted by atomic mass is 32.2. The van der Waals surface area contributed by atoms with Crippen molar-refractivity contribution in [2.24, 2.45) is 5.92 Å². The van der Waals surface area contributed by atoms with Crippen LogP contribution >= 0.6 is 11.8 Å². The van der Waals surface area contributed by atoms with Gasteiger partial charge in [-0.1, -0.05) is 13.5 Å². The molecule has 4 nitrogen and oxygen atoms in total. The number of thioether (sulfide) groups is 1. The molecule has 26 heavy (non-hydrogen) atoms. The maximum atomic E-state index is 11.4. The Balaban J connectivity index is 1.62. The van der Waals surface area contributed by atoms with Crippen LogP contribution in [0, 0.1) is 5.92 Å². The van der Waals surface area contributed by atoms with E-state index >= 15 is 0 Å². The summed E-state index contributed by atoms with van der Waals surface area (Å²) >= 11 is 1.72. The fourth-order valence-electron chi connectivity index (χ4n) is 2.38. The lowest BCUT2D eigenvalue weighted by molar-refractivity contribution is -0.139. The molecule has 1 atom stereocenters. The number of rotatable bonds is 7. The molecular weight excluding hydrogens is 346 g/mol. The van der Waals surface area contributed by atoms with E-state index in [4.69, 9.17) is 9.15 Å². The minimum Gasteiger partial charge on any atom is -0.462 e. The van der Waals surface area contributed by atoms with Crippen molar-refractivity contribution in [3.63, 3.8) is 0 Å². The van der Waals surface area contributed by atoms with E-state index in [1.807, 2.05) is 24.3 Å². The van der Waals surface area contributed by atoms with Crippen LogP contribution in [-0.2, 0) is 9.53 Å². The van der Waals surface area contributed by atoms with Gasteiger partial charge in [0.2, 0.25) is 0 Å². The molecule has 0 aliphatic rings. The van der Waals surface area contributed by atoms with E-state index in [9.17, 15) is 4.79 Å². The van der Waals surface area contributed by atoms with Gasteiger partial charge in [-0.15, -0.1) is 11.8 Å². The first-order valence-electron chi connectivity index (χ1n) is 8.42. The molecule has 0 saturated heterocycles. The van der Waals surface area contributed by atoms with Gasteiger partial charge >= 0.3 is 5.97 Å². The third kappa shape index (κ3) is 4.55. The van der Waals surface area contributed by atoms with E-state index in [2.05, 4.69) is 30.6 Å². The summed E-state index contributed by atoms with van der Waals surface area (Å²) in [7, 11) is 0. The predicted molar refractivity (Wildman–Crippen MR) is 105 cm³/mol. The smallest absolute Gasteiger partial charge is 0.333 e. The Hall–Kier alpha value is -2.53. The number of fused-ring (bicyclic) bond motifs is 1. The van der Waals surface area contributed by atoms with E-state index in [0.29, 0.717) is 12.2 Å². The number of nitrogens with zero attached hydrogens (tertiary/aromatic N) is 1. The summed E-state index contributed by atoms with van der Waals surface area (Å²) < 4.78 is 11.2. The third-order valence-corrected chi connectivity index (χ3v) is 5.14. The molecule has 2 heterocycles. The normalized spacial score (nSPS) is 12.1. The van der Waals surface area contributed by atoms with Gasteiger partial charge in [0.05, 0.1) is 6.61 Å². The lowest BCUT2D eigenvalue weighted by Crippen LogP contribution is -2.13. The standard InChI is InChI=1S/C21H21NO3S/c1-14(2)21(23)24-12-15(3)13-26-18-7-6-16-9-19(25-20(16)10-18)17-5-4-8-22-11-17/h4-11,15H,1,12-13H2,2-3H3. The molecule has 0 aliphatic heterocycles. The van der Waals surface area contributed by atoms with Gasteiger partial charge in [-0.3, -0.25) is 4.98 Å². The number of carbonyl (C=O) groups excluding carboxylic acids is 1. The number of aromatic nitrogens is 1. The van der Waals surface area contributed by atoms with Gasteiger partial charge in [-0.2, -0.15) is 0 Å². The van der Waals surface area contributed by atoms with Crippen LogP contribution in [0.15, 0.2) is 70.3 Å². The maximum Gasteiger partial charge on any atom is 0.333 e. The monoisotopic (exact) mass is 367 g/mol. The number of carbonyl (C=O) groups is 1. The highest BCUT2D eigenvalue weighted by molar-refractivity contribution is 7.99. The zero-order chi connectivity index (χ0) is 18.5. The van der Waals surface area contributed by atoms with Crippen molar-refractivity contribution in [2.45, 2.75) is 18.7 Å². The first-order valence-corrected chi connectivity index (χ1v) is 9.41. The summed E-state index contributed by atoms with van der Waals surface area (Å²) in [6.45, 7) is 7.69. The highest BCUT2D eigenvalue weighted by Crippen LogP contribution is 2.31. The van der Waals surface area contributed by atoms with Crippen molar-refractivity contribution in [3.8, 4) is 11.3 Å². The van der Waals surface area contributed by atoms with E-state index in [-0.39, 0.29) is 11.9 Å². The lowest BCUT2D eigenvalue weighted by Gasteiger charge is -2.11. The first-order chi connectivity index (χ1) is 12.5. The van der Waals surface area contributed by atoms with Crippen LogP contribution < -0.4 is 0 Å². The predicted octanol–water partition coefficient (Wildman–Crippen LogP) is 5.34. The number of esters is 1. The summed E-state index contributed by atoms with van der Waals surface area (Å²) in [4.78, 5) is 16.7. The topological polar surface area (TPSA) is 52.3 Å². The van der Waals surface area contributed by atoms with Crippen molar-refractivity contribution < 1.29 is 13.9 Å². The molecule has 3 aromatic rings. The average Bonchev–Trinajstić information content (AvgIpc) is 3.08. The quantitative estimate of drug-likeness (QED) is 0.320. The van der Waals surface area contributed by atoms with Crippen molar-refractivity contribution in [3.05, 3.63) is 60.9 Å². The number of hydrogen-bond acceptors (Lipinski definition) is 5. The Morgan fingerprint density at radius 3 is 2.92 bits per heavy atom. The minimum atomic E-state index is -0.332. The maximum absolute atomic E-state index is 11.4. The molecule has 0 radical (unpaired) electrons. The third-order valence-electron chi connectivity index (χ3n) is 3.82. The fraction of sp³-hybridized carbons (Fsp3) is 0.238.